The van der Waals surface area contributed by atoms with Crippen molar-refractivity contribution >= 4 is 109 Å². The topological polar surface area (TPSA) is 192 Å². The maximum absolute atomic E-state index is 14.1. The lowest BCUT2D eigenvalue weighted by atomic mass is 9.83. The monoisotopic (exact) mass is 1120 g/mol. The van der Waals surface area contributed by atoms with Crippen molar-refractivity contribution in [2.75, 3.05) is 68.4 Å². The predicted octanol–water partition coefficient (Wildman–Crippen LogP) is 9.93. The van der Waals surface area contributed by atoms with Crippen molar-refractivity contribution in [2.24, 2.45) is 17.3 Å². The second kappa shape index (κ2) is 30.6. The summed E-state index contributed by atoms with van der Waals surface area (Å²) in [4.78, 5) is 79.3. The van der Waals surface area contributed by atoms with E-state index in [0.29, 0.717) is 50.3 Å². The second-order valence-electron chi connectivity index (χ2n) is 17.5. The molecule has 14 nitrogen and oxygen atoms in total. The third kappa shape index (κ3) is 18.2. The van der Waals surface area contributed by atoms with Crippen LogP contribution in [-0.4, -0.2) is 103 Å². The third-order valence-electron chi connectivity index (χ3n) is 11.6. The molecule has 0 saturated heterocycles. The van der Waals surface area contributed by atoms with E-state index in [2.05, 4.69) is 25.3 Å². The van der Waals surface area contributed by atoms with Crippen molar-refractivity contribution in [3.63, 3.8) is 0 Å². The first-order valence-electron chi connectivity index (χ1n) is 24.0. The van der Waals surface area contributed by atoms with Gasteiger partial charge in [0.1, 0.15) is 31.8 Å². The van der Waals surface area contributed by atoms with Gasteiger partial charge in [-0.2, -0.15) is 48.8 Å². The number of hydrogen-bond acceptors (Lipinski definition) is 18. The molecule has 0 aliphatic heterocycles. The van der Waals surface area contributed by atoms with E-state index in [1.807, 2.05) is 38.1 Å². The molecule has 1 aliphatic carbocycles. The second-order valence-corrected chi connectivity index (χ2v) is 25.2. The van der Waals surface area contributed by atoms with Crippen molar-refractivity contribution in [3.05, 3.63) is 118 Å². The summed E-state index contributed by atoms with van der Waals surface area (Å²) < 4.78 is 61.9. The zero-order valence-corrected chi connectivity index (χ0v) is 47.6. The molecule has 1 aliphatic rings. The normalized spacial score (nSPS) is 16.2. The van der Waals surface area contributed by atoms with Gasteiger partial charge in [0.05, 0.1) is 44.8 Å². The summed E-state index contributed by atoms with van der Waals surface area (Å²) in [5.74, 6) is -1.09. The maximum atomic E-state index is 14.1. The van der Waals surface area contributed by atoms with E-state index in [9.17, 15) is 37.9 Å². The van der Waals surface area contributed by atoms with Crippen LogP contribution in [0.5, 0.6) is 0 Å². The number of thiol groups is 2. The number of esters is 4. The summed E-state index contributed by atoms with van der Waals surface area (Å²) in [5, 5.41) is 0.696. The Balaban J connectivity index is 1.36. The fourth-order valence-electron chi connectivity index (χ4n) is 8.07. The number of allylic oxidation sites excluding steroid dienone is 3. The summed E-state index contributed by atoms with van der Waals surface area (Å²) in [6.07, 6.45) is 3.84. The number of hydrogen-bond donors (Lipinski definition) is 2. The van der Waals surface area contributed by atoms with Gasteiger partial charge < -0.3 is 28.0 Å². The van der Waals surface area contributed by atoms with Crippen LogP contribution < -0.4 is 10.6 Å². The summed E-state index contributed by atoms with van der Waals surface area (Å²) in [6, 6.07) is 20.7. The molecule has 4 atom stereocenters. The van der Waals surface area contributed by atoms with Crippen LogP contribution in [0.25, 0.3) is 0 Å². The number of carbonyl (C=O) groups excluding carboxylic acids is 6. The molecule has 0 heterocycles. The van der Waals surface area contributed by atoms with Crippen molar-refractivity contribution in [1.29, 1.82) is 0 Å². The average molecular weight is 1120 g/mol. The minimum Gasteiger partial charge on any atom is -0.465 e. The van der Waals surface area contributed by atoms with Crippen LogP contribution in [0.4, 0.5) is 0 Å². The maximum Gasteiger partial charge on any atom is 0.306 e. The van der Waals surface area contributed by atoms with Gasteiger partial charge in [-0.05, 0) is 87.1 Å². The van der Waals surface area contributed by atoms with Gasteiger partial charge in [0.25, 0.3) is 12.9 Å². The average Bonchev–Trinajstić information content (AvgIpc) is 3.36. The summed E-state index contributed by atoms with van der Waals surface area (Å²) in [7, 11) is -7.68. The van der Waals surface area contributed by atoms with E-state index in [-0.39, 0.29) is 56.3 Å². The minimum atomic E-state index is -3.87. The standard InChI is InChI=1S/C53H68O14P2S4/c1-7-66-68(60,43-15-11-9-12-16-43)51(58)49-37(3)27-41(28-38(49)4)31-72-25-21-47(56)64-35-53(33-62-45(54)19-23-70,34-63-46(55)20-24-71)36-65-48(57)22-26-73-32-42-29-39(5)50(40(6)30-42)52(59)69(61,67-8-2)44-17-13-10-14-18-44/h9-18,27-30,37,49,70-71H,7-8,19-26,31-36H2,1-6H3. The van der Waals surface area contributed by atoms with Gasteiger partial charge in [0, 0.05) is 50.7 Å². The Kier molecular flexibility index (Phi) is 25.9. The molecular formula is C53H68O14P2S4. The molecule has 73 heavy (non-hydrogen) atoms. The molecule has 0 aromatic heterocycles. The van der Waals surface area contributed by atoms with Crippen molar-refractivity contribution in [1.82, 2.24) is 0 Å². The van der Waals surface area contributed by atoms with E-state index >= 15 is 0 Å². The zero-order chi connectivity index (χ0) is 53.6. The molecule has 398 valence electrons. The van der Waals surface area contributed by atoms with Crippen molar-refractivity contribution in [2.45, 2.75) is 73.0 Å². The van der Waals surface area contributed by atoms with Gasteiger partial charge in [-0.3, -0.25) is 37.9 Å². The first-order chi connectivity index (χ1) is 34.9. The molecule has 4 unspecified atom stereocenters. The van der Waals surface area contributed by atoms with Crippen LogP contribution in [0.3, 0.4) is 0 Å². The molecule has 4 rings (SSSR count). The SMILES string of the molecule is CCOP(=O)(C(=O)c1c(C)cc(CSCCC(=O)OCC(COC(=O)CCS)(COC(=O)CCS)COC(=O)CCSCC2=CC(C)C(C(=O)P(=O)(OCC)c3ccccc3)C(C)=C2)cc1C)c1ccccc1. The highest BCUT2D eigenvalue weighted by Crippen LogP contribution is 2.52. The van der Waals surface area contributed by atoms with Crippen LogP contribution in [0.15, 0.2) is 96.1 Å². The number of ether oxygens (including phenoxy) is 4. The summed E-state index contributed by atoms with van der Waals surface area (Å²) >= 11 is 11.2. The molecule has 0 bridgehead atoms. The first kappa shape index (κ1) is 61.7. The largest absolute Gasteiger partial charge is 0.465 e. The summed E-state index contributed by atoms with van der Waals surface area (Å²) in [5.41, 5.74) is 1.81. The van der Waals surface area contributed by atoms with Crippen LogP contribution in [0.1, 0.15) is 80.4 Å². The molecule has 3 aromatic rings. The smallest absolute Gasteiger partial charge is 0.306 e. The van der Waals surface area contributed by atoms with Crippen molar-refractivity contribution in [3.8, 4) is 0 Å². The Morgan fingerprint density at radius 2 is 1.04 bits per heavy atom. The molecule has 0 saturated carbocycles. The van der Waals surface area contributed by atoms with Crippen molar-refractivity contribution < 1.29 is 65.9 Å². The van der Waals surface area contributed by atoms with Gasteiger partial charge in [-0.25, -0.2) is 0 Å². The molecule has 0 N–H and O–H groups in total. The van der Waals surface area contributed by atoms with Gasteiger partial charge in [0.2, 0.25) is 5.52 Å². The fourth-order valence-corrected chi connectivity index (χ4v) is 14.5. The number of rotatable bonds is 32. The van der Waals surface area contributed by atoms with E-state index in [1.54, 1.807) is 88.4 Å². The Morgan fingerprint density at radius 1 is 0.616 bits per heavy atom. The molecule has 0 spiro atoms. The van der Waals surface area contributed by atoms with Crippen LogP contribution in [0.2, 0.25) is 0 Å². The Hall–Kier alpha value is -3.86. The number of benzene rings is 3. The Bertz CT molecular complexity index is 2490. The molecule has 0 radical (unpaired) electrons. The van der Waals surface area contributed by atoms with E-state index in [4.69, 9.17) is 28.0 Å². The van der Waals surface area contributed by atoms with Crippen LogP contribution in [-0.2, 0) is 66.9 Å². The molecule has 20 heteroatoms. The molecular weight excluding hydrogens is 1050 g/mol. The van der Waals surface area contributed by atoms with Gasteiger partial charge in [-0.1, -0.05) is 73.2 Å². The lowest BCUT2D eigenvalue weighted by Crippen LogP contribution is -2.44. The molecule has 0 amide bonds. The lowest BCUT2D eigenvalue weighted by molar-refractivity contribution is -0.170. The van der Waals surface area contributed by atoms with Gasteiger partial charge in [0.15, 0.2) is 0 Å². The predicted molar refractivity (Wildman–Crippen MR) is 296 cm³/mol. The lowest BCUT2D eigenvalue weighted by Gasteiger charge is -2.31. The highest BCUT2D eigenvalue weighted by atomic mass is 32.2. The molecule has 3 aromatic carbocycles. The quantitative estimate of drug-likeness (QED) is 0.0197. The highest BCUT2D eigenvalue weighted by Gasteiger charge is 2.43. The van der Waals surface area contributed by atoms with Gasteiger partial charge in [-0.15, -0.1) is 0 Å². The minimum absolute atomic E-state index is 0.00224. The van der Waals surface area contributed by atoms with Gasteiger partial charge >= 0.3 is 31.2 Å². The number of carbonyl (C=O) groups is 6. The molecule has 0 fully saturated rings. The Labute approximate surface area is 449 Å². The number of thioether (sulfide) groups is 2. The van der Waals surface area contributed by atoms with E-state index in [0.717, 1.165) is 16.7 Å². The van der Waals surface area contributed by atoms with E-state index < -0.39 is 87.4 Å². The zero-order valence-electron chi connectivity index (χ0n) is 42.4. The van der Waals surface area contributed by atoms with E-state index in [1.165, 1.54) is 23.5 Å². The fraction of sp³-hybridized carbons (Fsp3) is 0.472. The number of aryl methyl sites for hydroxylation is 2. The first-order valence-corrected chi connectivity index (χ1v) is 30.9. The highest BCUT2D eigenvalue weighted by molar-refractivity contribution is 7.99. The Morgan fingerprint density at radius 3 is 1.48 bits per heavy atom. The van der Waals surface area contributed by atoms with Crippen LogP contribution >= 0.6 is 63.5 Å². The summed E-state index contributed by atoms with van der Waals surface area (Å²) in [6.45, 7) is 9.35. The van der Waals surface area contributed by atoms with Crippen LogP contribution in [0, 0.1) is 31.1 Å². The third-order valence-corrected chi connectivity index (χ3v) is 18.9.